The Bertz CT molecular complexity index is 1280. The van der Waals surface area contributed by atoms with Crippen LogP contribution < -0.4 is 16.0 Å². The van der Waals surface area contributed by atoms with Gasteiger partial charge in [-0.15, -0.1) is 15.0 Å². The number of morpholine rings is 1. The number of ether oxygens (including phenoxy) is 1. The normalized spacial score (nSPS) is 18.7. The van der Waals surface area contributed by atoms with Crippen molar-refractivity contribution in [3.8, 4) is 16.4 Å². The van der Waals surface area contributed by atoms with Crippen molar-refractivity contribution in [2.24, 2.45) is 7.05 Å². The highest BCUT2D eigenvalue weighted by Crippen LogP contribution is 2.29. The number of aromatic nitrogens is 8. The number of thiazole rings is 1. The fourth-order valence-electron chi connectivity index (χ4n) is 4.50. The van der Waals surface area contributed by atoms with Crippen LogP contribution in [0, 0.1) is 0 Å². The summed E-state index contributed by atoms with van der Waals surface area (Å²) in [6, 6.07) is 4.62. The van der Waals surface area contributed by atoms with Crippen molar-refractivity contribution >= 4 is 28.1 Å². The minimum Gasteiger partial charge on any atom is -0.379 e. The van der Waals surface area contributed by atoms with Gasteiger partial charge in [0, 0.05) is 39.3 Å². The molecule has 1 atom stereocenters. The molecule has 0 radical (unpaired) electrons. The molecule has 0 amide bonds. The zero-order valence-corrected chi connectivity index (χ0v) is 21.5. The van der Waals surface area contributed by atoms with Crippen molar-refractivity contribution in [2.75, 3.05) is 50.0 Å². The van der Waals surface area contributed by atoms with Gasteiger partial charge in [0.05, 0.1) is 36.7 Å². The summed E-state index contributed by atoms with van der Waals surface area (Å²) >= 11 is 1.46. The molecule has 2 fully saturated rings. The van der Waals surface area contributed by atoms with Crippen LogP contribution in [0.3, 0.4) is 0 Å². The summed E-state index contributed by atoms with van der Waals surface area (Å²) in [4.78, 5) is 14.1. The molecule has 3 N–H and O–H groups in total. The number of nitrogens with zero attached hydrogens (tertiary/aromatic N) is 9. The number of rotatable bonds is 8. The highest BCUT2D eigenvalue weighted by molar-refractivity contribution is 7.18. The fraction of sp³-hybridized carbons (Fsp3) is 0.478. The average molecular weight is 523 g/mol. The molecule has 4 aromatic heterocycles. The Balaban J connectivity index is 1.20. The molecule has 6 heterocycles. The second-order valence-electron chi connectivity index (χ2n) is 9.25. The van der Waals surface area contributed by atoms with E-state index in [9.17, 15) is 0 Å². The third-order valence-corrected chi connectivity index (χ3v) is 7.25. The number of nitrogens with one attached hydrogen (secondary N) is 3. The second-order valence-corrected chi connectivity index (χ2v) is 10.3. The van der Waals surface area contributed by atoms with Crippen molar-refractivity contribution < 1.29 is 4.74 Å². The van der Waals surface area contributed by atoms with Crippen LogP contribution in [0.5, 0.6) is 0 Å². The lowest BCUT2D eigenvalue weighted by molar-refractivity contribution is 0.0342. The smallest absolute Gasteiger partial charge is 0.216 e. The quantitative estimate of drug-likeness (QED) is 0.312. The fourth-order valence-corrected chi connectivity index (χ4v) is 5.24. The number of tetrazole rings is 1. The minimum atomic E-state index is 0.368. The standard InChI is InChI=1S/C23H30N12OS/c1-33-15-18(12-26-33)35-31-22(30-32-35)19-13-25-23(37-19)29-21-10-16(14-34-5-7-36-8-6-34)9-20(28-21)27-17-3-2-4-24-11-17/h9-10,12-13,15,17,24H,2-8,11,14H2,1H3,(H2,25,27,28,29)/t17-/m0/s1. The van der Waals surface area contributed by atoms with Gasteiger partial charge in [-0.05, 0) is 42.3 Å². The molecule has 0 aromatic carbocycles. The van der Waals surface area contributed by atoms with Crippen LogP contribution in [0.2, 0.25) is 0 Å². The SMILES string of the molecule is Cn1cc(-n2nnc(-c3cnc(Nc4cc(CN5CCOCC5)cc(N[C@H]5CCCNC5)n4)s3)n2)cn1. The van der Waals surface area contributed by atoms with Crippen LogP contribution in [-0.2, 0) is 18.3 Å². The van der Waals surface area contributed by atoms with Gasteiger partial charge in [0.25, 0.3) is 0 Å². The van der Waals surface area contributed by atoms with Gasteiger partial charge in [-0.3, -0.25) is 9.58 Å². The third kappa shape index (κ3) is 5.93. The molecule has 0 saturated carbocycles. The van der Waals surface area contributed by atoms with E-state index in [0.717, 1.165) is 81.0 Å². The third-order valence-electron chi connectivity index (χ3n) is 6.34. The van der Waals surface area contributed by atoms with Crippen molar-refractivity contribution in [1.29, 1.82) is 0 Å². The van der Waals surface area contributed by atoms with E-state index in [1.54, 1.807) is 17.1 Å². The lowest BCUT2D eigenvalue weighted by Crippen LogP contribution is -2.38. The predicted molar refractivity (Wildman–Crippen MR) is 140 cm³/mol. The maximum Gasteiger partial charge on any atom is 0.216 e. The number of anilines is 3. The van der Waals surface area contributed by atoms with Crippen LogP contribution in [0.1, 0.15) is 18.4 Å². The van der Waals surface area contributed by atoms with Gasteiger partial charge in [-0.25, -0.2) is 9.97 Å². The molecule has 37 heavy (non-hydrogen) atoms. The summed E-state index contributed by atoms with van der Waals surface area (Å²) in [5.41, 5.74) is 1.95. The van der Waals surface area contributed by atoms with E-state index in [0.29, 0.717) is 17.0 Å². The molecule has 0 unspecified atom stereocenters. The van der Waals surface area contributed by atoms with E-state index in [1.807, 2.05) is 13.2 Å². The van der Waals surface area contributed by atoms with Crippen molar-refractivity contribution in [3.63, 3.8) is 0 Å². The van der Waals surface area contributed by atoms with Crippen molar-refractivity contribution in [1.82, 2.24) is 50.2 Å². The Morgan fingerprint density at radius 3 is 2.89 bits per heavy atom. The average Bonchev–Trinajstić information content (AvgIpc) is 3.66. The van der Waals surface area contributed by atoms with Gasteiger partial charge >= 0.3 is 0 Å². The Morgan fingerprint density at radius 1 is 1.19 bits per heavy atom. The van der Waals surface area contributed by atoms with E-state index in [1.165, 1.54) is 21.7 Å². The monoisotopic (exact) mass is 522 g/mol. The largest absolute Gasteiger partial charge is 0.379 e. The Morgan fingerprint density at radius 2 is 2.08 bits per heavy atom. The van der Waals surface area contributed by atoms with Gasteiger partial charge in [0.1, 0.15) is 17.3 Å². The van der Waals surface area contributed by atoms with Gasteiger partial charge in [0.2, 0.25) is 5.82 Å². The van der Waals surface area contributed by atoms with Crippen LogP contribution in [0.25, 0.3) is 16.4 Å². The van der Waals surface area contributed by atoms with Crippen molar-refractivity contribution in [2.45, 2.75) is 25.4 Å². The summed E-state index contributed by atoms with van der Waals surface area (Å²) in [7, 11) is 1.85. The van der Waals surface area contributed by atoms with E-state index in [2.05, 4.69) is 58.5 Å². The molecule has 194 valence electrons. The summed E-state index contributed by atoms with van der Waals surface area (Å²) in [5.74, 6) is 2.14. The first-order valence-electron chi connectivity index (χ1n) is 12.5. The highest BCUT2D eigenvalue weighted by Gasteiger charge is 2.17. The maximum absolute atomic E-state index is 5.52. The zero-order chi connectivity index (χ0) is 25.0. The number of hydrogen-bond donors (Lipinski definition) is 3. The van der Waals surface area contributed by atoms with Crippen molar-refractivity contribution in [3.05, 3.63) is 36.3 Å². The molecule has 14 heteroatoms. The maximum atomic E-state index is 5.52. The minimum absolute atomic E-state index is 0.368. The lowest BCUT2D eigenvalue weighted by atomic mass is 10.1. The predicted octanol–water partition coefficient (Wildman–Crippen LogP) is 1.65. The number of aryl methyl sites for hydroxylation is 1. The molecule has 2 saturated heterocycles. The van der Waals surface area contributed by atoms with E-state index >= 15 is 0 Å². The molecule has 0 bridgehead atoms. The topological polar surface area (TPSA) is 136 Å². The van der Waals surface area contributed by atoms with Gasteiger partial charge in [0.15, 0.2) is 5.13 Å². The van der Waals surface area contributed by atoms with E-state index < -0.39 is 0 Å². The van der Waals surface area contributed by atoms with Crippen LogP contribution in [-0.4, -0.2) is 90.3 Å². The molecular formula is C23H30N12OS. The molecule has 6 rings (SSSR count). The first kappa shape index (κ1) is 23.9. The number of pyridine rings is 1. The summed E-state index contributed by atoms with van der Waals surface area (Å²) in [6.07, 6.45) is 7.57. The van der Waals surface area contributed by atoms with Crippen LogP contribution >= 0.6 is 11.3 Å². The summed E-state index contributed by atoms with van der Waals surface area (Å²) in [6.45, 7) is 6.29. The number of hydrogen-bond acceptors (Lipinski definition) is 12. The molecule has 4 aromatic rings. The summed E-state index contributed by atoms with van der Waals surface area (Å²) < 4.78 is 7.21. The van der Waals surface area contributed by atoms with Crippen LogP contribution in [0.15, 0.2) is 30.7 Å². The molecular weight excluding hydrogens is 492 g/mol. The molecule has 13 nitrogen and oxygen atoms in total. The Labute approximate surface area is 218 Å². The van der Waals surface area contributed by atoms with Gasteiger partial charge in [-0.2, -0.15) is 5.10 Å². The molecule has 2 aliphatic heterocycles. The van der Waals surface area contributed by atoms with E-state index in [4.69, 9.17) is 9.72 Å². The Hall–Kier alpha value is -3.46. The second kappa shape index (κ2) is 10.9. The zero-order valence-electron chi connectivity index (χ0n) is 20.7. The van der Waals surface area contributed by atoms with Gasteiger partial charge < -0.3 is 20.7 Å². The lowest BCUT2D eigenvalue weighted by Gasteiger charge is -2.27. The first-order chi connectivity index (χ1) is 18.2. The molecule has 0 spiro atoms. The van der Waals surface area contributed by atoms with Gasteiger partial charge in [-0.1, -0.05) is 11.3 Å². The first-order valence-corrected chi connectivity index (χ1v) is 13.3. The van der Waals surface area contributed by atoms with Crippen LogP contribution in [0.4, 0.5) is 16.8 Å². The molecule has 2 aliphatic rings. The molecule has 0 aliphatic carbocycles. The van der Waals surface area contributed by atoms with E-state index in [-0.39, 0.29) is 0 Å². The summed E-state index contributed by atoms with van der Waals surface area (Å²) in [5, 5.41) is 28.2. The Kier molecular flexibility index (Phi) is 7.03. The number of piperidine rings is 1. The highest BCUT2D eigenvalue weighted by atomic mass is 32.1.